The van der Waals surface area contributed by atoms with Gasteiger partial charge in [0.05, 0.1) is 5.31 Å². The Morgan fingerprint density at radius 1 is 0.379 bits per heavy atom. The summed E-state index contributed by atoms with van der Waals surface area (Å²) in [6.45, 7) is 0. The Balaban J connectivity index is 1.51. The maximum Gasteiger partial charge on any atom is 0.420 e. The van der Waals surface area contributed by atoms with Crippen molar-refractivity contribution in [3.63, 3.8) is 0 Å². The standard InChI is InChI=1S/C40H32F6N6P6/c41-53(47-54(50-57(43,44)48-53,35-23-11-3-12-24-35)36-25-13-4-14-26-36)32-39(34-21-9-2-10-22-34)40(31-33-19-7-1-8-20-33)56(42)49-55(51-58(45,46)52-56,37-27-15-5-16-28-37)38-29-17-6-18-30-38/h1-32H/b39-32+,40-31-. The lowest BCUT2D eigenvalue weighted by Crippen LogP contribution is -2.15. The van der Waals surface area contributed by atoms with Gasteiger partial charge in [0, 0.05) is 32.6 Å². The second kappa shape index (κ2) is 16.1. The van der Waals surface area contributed by atoms with Crippen LogP contribution in [0.15, 0.2) is 220 Å². The quantitative estimate of drug-likeness (QED) is 0.0788. The molecule has 2 atom stereocenters. The Bertz CT molecular complexity index is 2820. The van der Waals surface area contributed by atoms with E-state index in [2.05, 4.69) is 22.6 Å². The van der Waals surface area contributed by atoms with Crippen molar-refractivity contribution in [1.29, 1.82) is 0 Å². The van der Waals surface area contributed by atoms with Crippen molar-refractivity contribution in [2.45, 2.75) is 0 Å². The van der Waals surface area contributed by atoms with Crippen LogP contribution in [0.4, 0.5) is 25.2 Å². The summed E-state index contributed by atoms with van der Waals surface area (Å²) >= 11 is 0. The molecule has 2 aliphatic rings. The fourth-order valence-electron chi connectivity index (χ4n) is 6.56. The van der Waals surface area contributed by atoms with Crippen LogP contribution in [-0.4, -0.2) is 0 Å². The summed E-state index contributed by atoms with van der Waals surface area (Å²) in [4.78, 5) is 0. The molecule has 0 N–H and O–H groups in total. The van der Waals surface area contributed by atoms with Crippen molar-refractivity contribution >= 4 is 78.0 Å². The molecule has 294 valence electrons. The first-order valence-electron chi connectivity index (χ1n) is 17.6. The highest BCUT2D eigenvalue weighted by atomic mass is 31.3. The molecule has 0 saturated heterocycles. The normalized spacial score (nSPS) is 23.0. The number of halogens is 6. The van der Waals surface area contributed by atoms with E-state index in [4.69, 9.17) is 4.52 Å². The van der Waals surface area contributed by atoms with Gasteiger partial charge in [0.2, 0.25) is 0 Å². The van der Waals surface area contributed by atoms with Crippen LogP contribution in [0.5, 0.6) is 0 Å². The minimum atomic E-state index is -5.83. The second-order valence-corrected chi connectivity index (χ2v) is 26.5. The predicted molar refractivity (Wildman–Crippen MR) is 236 cm³/mol. The average molecular weight is 897 g/mol. The fraction of sp³-hybridized carbons (Fsp3) is 0. The molecule has 0 saturated carbocycles. The number of allylic oxidation sites excluding steroid dienone is 2. The van der Waals surface area contributed by atoms with Crippen molar-refractivity contribution < 1.29 is 25.2 Å². The van der Waals surface area contributed by atoms with Crippen LogP contribution in [0.3, 0.4) is 0 Å². The first kappa shape index (κ1) is 40.5. The Kier molecular flexibility index (Phi) is 11.2. The zero-order chi connectivity index (χ0) is 40.5. The minimum absolute atomic E-state index is 0.134. The summed E-state index contributed by atoms with van der Waals surface area (Å²) in [6, 6.07) is 48.5. The monoisotopic (exact) mass is 896 g/mol. The van der Waals surface area contributed by atoms with E-state index in [9.17, 15) is 0 Å². The van der Waals surface area contributed by atoms with Crippen LogP contribution in [-0.2, 0) is 0 Å². The number of nitrogens with zero attached hydrogens (tertiary/aromatic N) is 6. The number of hydrogen-bond acceptors (Lipinski definition) is 6. The zero-order valence-corrected chi connectivity index (χ0v) is 35.5. The zero-order valence-electron chi connectivity index (χ0n) is 30.1. The van der Waals surface area contributed by atoms with Crippen molar-refractivity contribution in [3.05, 3.63) is 204 Å². The van der Waals surface area contributed by atoms with E-state index in [1.165, 1.54) is 18.2 Å². The molecule has 2 unspecified atom stereocenters. The van der Waals surface area contributed by atoms with E-state index in [0.717, 1.165) is 5.82 Å². The highest BCUT2D eigenvalue weighted by Gasteiger charge is 2.45. The summed E-state index contributed by atoms with van der Waals surface area (Å²) in [5, 5.41) is 0.558. The van der Waals surface area contributed by atoms with Crippen LogP contribution in [0, 0.1) is 0 Å². The first-order valence-corrected chi connectivity index (χ1v) is 27.2. The van der Waals surface area contributed by atoms with Crippen molar-refractivity contribution in [3.8, 4) is 0 Å². The van der Waals surface area contributed by atoms with Gasteiger partial charge in [-0.25, -0.2) is 0 Å². The molecule has 6 nitrogen and oxygen atoms in total. The van der Waals surface area contributed by atoms with E-state index in [1.54, 1.807) is 170 Å². The van der Waals surface area contributed by atoms with Gasteiger partial charge in [-0.1, -0.05) is 182 Å². The molecule has 2 aliphatic heterocycles. The van der Waals surface area contributed by atoms with Crippen molar-refractivity contribution in [2.75, 3.05) is 0 Å². The third kappa shape index (κ3) is 8.30. The van der Waals surface area contributed by atoms with E-state index in [0.29, 0.717) is 5.56 Å². The van der Waals surface area contributed by atoms with Crippen LogP contribution in [0.25, 0.3) is 11.6 Å². The van der Waals surface area contributed by atoms with Gasteiger partial charge in [0.15, 0.2) is 0 Å². The van der Waals surface area contributed by atoms with Crippen molar-refractivity contribution in [2.24, 2.45) is 27.1 Å². The Morgan fingerprint density at radius 3 is 1.21 bits per heavy atom. The van der Waals surface area contributed by atoms with Crippen LogP contribution in [0.2, 0.25) is 0 Å². The van der Waals surface area contributed by atoms with Gasteiger partial charge in [-0.05, 0) is 17.2 Å². The first-order chi connectivity index (χ1) is 27.8. The van der Waals surface area contributed by atoms with E-state index in [1.807, 2.05) is 0 Å². The third-order valence-corrected chi connectivity index (χ3v) is 26.1. The van der Waals surface area contributed by atoms with Gasteiger partial charge >= 0.3 is 15.7 Å². The Hall–Kier alpha value is -4.24. The summed E-state index contributed by atoms with van der Waals surface area (Å²) in [5.74, 6) is 0.806. The number of hydrogen-bond donors (Lipinski definition) is 0. The molecule has 0 aromatic heterocycles. The number of benzene rings is 6. The lowest BCUT2D eigenvalue weighted by atomic mass is 10.1. The lowest BCUT2D eigenvalue weighted by molar-refractivity contribution is 0.723. The lowest BCUT2D eigenvalue weighted by Gasteiger charge is -2.30. The van der Waals surface area contributed by atoms with Gasteiger partial charge in [-0.2, -0.15) is 35.5 Å². The maximum atomic E-state index is 18.8. The molecule has 0 spiro atoms. The van der Waals surface area contributed by atoms with Crippen LogP contribution < -0.4 is 21.2 Å². The highest BCUT2D eigenvalue weighted by molar-refractivity contribution is 7.92. The third-order valence-electron chi connectivity index (χ3n) is 8.96. The van der Waals surface area contributed by atoms with E-state index < -0.39 is 50.4 Å². The fourth-order valence-corrected chi connectivity index (χ4v) is 26.0. The smallest absolute Gasteiger partial charge is 0.200 e. The van der Waals surface area contributed by atoms with E-state index in [-0.39, 0.29) is 32.4 Å². The highest BCUT2D eigenvalue weighted by Crippen LogP contribution is 2.85. The molecule has 6 aromatic carbocycles. The molecule has 0 fully saturated rings. The molecule has 2 heterocycles. The summed E-state index contributed by atoms with van der Waals surface area (Å²) < 4.78 is 127. The molecule has 8 rings (SSSR count). The molecule has 0 aliphatic carbocycles. The van der Waals surface area contributed by atoms with Gasteiger partial charge in [0.25, 0.3) is 15.0 Å². The van der Waals surface area contributed by atoms with Gasteiger partial charge < -0.3 is 0 Å². The SMILES string of the molecule is FP1(F)=NP(F)(/C=C(/C(=C/c2ccccc2)P2(F)=NP(F)(F)=NP(c3ccccc3)(c3ccccc3)=N2)c2ccccc2)=NP(c2ccccc2)(c2ccccc2)=N1. The van der Waals surface area contributed by atoms with E-state index >= 15 is 25.2 Å². The maximum absolute atomic E-state index is 18.8. The molecule has 18 heteroatoms. The largest absolute Gasteiger partial charge is 0.420 e. The molecule has 0 bridgehead atoms. The molecule has 0 amide bonds. The summed E-state index contributed by atoms with van der Waals surface area (Å²) in [7, 11) is -30.1. The Labute approximate surface area is 333 Å². The average Bonchev–Trinajstić information content (AvgIpc) is 3.22. The van der Waals surface area contributed by atoms with Gasteiger partial charge in [0.1, 0.15) is 14.4 Å². The van der Waals surface area contributed by atoms with Crippen molar-refractivity contribution in [1.82, 2.24) is 0 Å². The summed E-state index contributed by atoms with van der Waals surface area (Å²) in [5.41, 5.74) is 0.161. The molecule has 0 radical (unpaired) electrons. The molecule has 6 aromatic rings. The second-order valence-electron chi connectivity index (χ2n) is 12.9. The molecular weight excluding hydrogens is 864 g/mol. The predicted octanol–water partition coefficient (Wildman–Crippen LogP) is 16.4. The molecule has 58 heavy (non-hydrogen) atoms. The minimum Gasteiger partial charge on any atom is -0.200 e. The summed E-state index contributed by atoms with van der Waals surface area (Å²) in [6.07, 6.45) is 1.29. The van der Waals surface area contributed by atoms with Gasteiger partial charge in [-0.3, -0.25) is 0 Å². The Morgan fingerprint density at radius 2 is 0.759 bits per heavy atom. The van der Waals surface area contributed by atoms with Gasteiger partial charge in [-0.15, -0.1) is 16.8 Å². The van der Waals surface area contributed by atoms with Crippen LogP contribution >= 0.6 is 45.1 Å². The van der Waals surface area contributed by atoms with Crippen LogP contribution in [0.1, 0.15) is 11.1 Å². The number of rotatable bonds is 9. The topological polar surface area (TPSA) is 74.2 Å². The molecular formula is C40H32F6N6P6.